The molecule has 0 aliphatic carbocycles. The van der Waals surface area contributed by atoms with Crippen LogP contribution in [0.15, 0.2) is 30.3 Å². The van der Waals surface area contributed by atoms with E-state index in [0.717, 1.165) is 5.56 Å². The SMILES string of the molecule is COC(=O)[C@@H](O)[C@@H](N)Cc1ccccc1. The van der Waals surface area contributed by atoms with Crippen LogP contribution in [0.5, 0.6) is 0 Å². The quantitative estimate of drug-likeness (QED) is 0.689. The largest absolute Gasteiger partial charge is 0.467 e. The average Bonchev–Trinajstić information content (AvgIpc) is 2.28. The van der Waals surface area contributed by atoms with E-state index in [2.05, 4.69) is 4.74 Å². The smallest absolute Gasteiger partial charge is 0.336 e. The zero-order chi connectivity index (χ0) is 11.3. The number of carbonyl (C=O) groups is 1. The van der Waals surface area contributed by atoms with Crippen LogP contribution < -0.4 is 5.73 Å². The first-order valence-electron chi connectivity index (χ1n) is 4.70. The van der Waals surface area contributed by atoms with Crippen molar-refractivity contribution in [1.82, 2.24) is 0 Å². The molecule has 15 heavy (non-hydrogen) atoms. The Morgan fingerprint density at radius 3 is 2.60 bits per heavy atom. The maximum Gasteiger partial charge on any atom is 0.336 e. The van der Waals surface area contributed by atoms with E-state index in [9.17, 15) is 9.90 Å². The molecule has 4 nitrogen and oxygen atoms in total. The molecule has 0 aliphatic heterocycles. The molecular weight excluding hydrogens is 194 g/mol. The van der Waals surface area contributed by atoms with E-state index in [4.69, 9.17) is 5.73 Å². The molecule has 0 amide bonds. The fourth-order valence-electron chi connectivity index (χ4n) is 1.29. The highest BCUT2D eigenvalue weighted by Crippen LogP contribution is 2.05. The van der Waals surface area contributed by atoms with Crippen LogP contribution in [-0.4, -0.2) is 30.3 Å². The number of benzene rings is 1. The Bertz CT molecular complexity index is 313. The summed E-state index contributed by atoms with van der Waals surface area (Å²) >= 11 is 0. The first-order chi connectivity index (χ1) is 7.15. The van der Waals surface area contributed by atoms with Gasteiger partial charge in [0.2, 0.25) is 0 Å². The zero-order valence-electron chi connectivity index (χ0n) is 8.59. The van der Waals surface area contributed by atoms with Crippen molar-refractivity contribution in [2.45, 2.75) is 18.6 Å². The van der Waals surface area contributed by atoms with Crippen LogP contribution in [0.2, 0.25) is 0 Å². The fraction of sp³-hybridized carbons (Fsp3) is 0.364. The fourth-order valence-corrected chi connectivity index (χ4v) is 1.29. The Kier molecular flexibility index (Phi) is 4.27. The summed E-state index contributed by atoms with van der Waals surface area (Å²) in [4.78, 5) is 11.0. The Balaban J connectivity index is 2.56. The third-order valence-electron chi connectivity index (χ3n) is 2.16. The normalized spacial score (nSPS) is 14.3. The summed E-state index contributed by atoms with van der Waals surface area (Å²) in [5.41, 5.74) is 6.65. The molecule has 0 fully saturated rings. The van der Waals surface area contributed by atoms with Gasteiger partial charge < -0.3 is 15.6 Å². The number of methoxy groups -OCH3 is 1. The van der Waals surface area contributed by atoms with Crippen LogP contribution in [0.4, 0.5) is 0 Å². The maximum absolute atomic E-state index is 11.0. The minimum absolute atomic E-state index is 0.442. The molecule has 1 aromatic rings. The van der Waals surface area contributed by atoms with Gasteiger partial charge in [0.05, 0.1) is 7.11 Å². The molecule has 0 aliphatic rings. The molecular formula is C11H15NO3. The number of ether oxygens (including phenoxy) is 1. The molecule has 3 N–H and O–H groups in total. The Hall–Kier alpha value is -1.39. The van der Waals surface area contributed by atoms with Gasteiger partial charge >= 0.3 is 5.97 Å². The molecule has 82 valence electrons. The molecule has 0 unspecified atom stereocenters. The summed E-state index contributed by atoms with van der Waals surface area (Å²) in [6.45, 7) is 0. The predicted molar refractivity (Wildman–Crippen MR) is 56.1 cm³/mol. The molecule has 1 rings (SSSR count). The van der Waals surface area contributed by atoms with E-state index < -0.39 is 18.1 Å². The molecule has 2 atom stereocenters. The van der Waals surface area contributed by atoms with Gasteiger partial charge in [-0.1, -0.05) is 30.3 Å². The number of nitrogens with two attached hydrogens (primary N) is 1. The summed E-state index contributed by atoms with van der Waals surface area (Å²) < 4.78 is 4.40. The Labute approximate surface area is 88.7 Å². The lowest BCUT2D eigenvalue weighted by Crippen LogP contribution is -2.42. The Morgan fingerprint density at radius 2 is 2.07 bits per heavy atom. The van der Waals surface area contributed by atoms with Crippen molar-refractivity contribution in [3.8, 4) is 0 Å². The second-order valence-corrected chi connectivity index (χ2v) is 3.32. The molecule has 0 heterocycles. The first-order valence-corrected chi connectivity index (χ1v) is 4.70. The van der Waals surface area contributed by atoms with Crippen molar-refractivity contribution in [2.24, 2.45) is 5.73 Å². The van der Waals surface area contributed by atoms with Crippen LogP contribution in [0.25, 0.3) is 0 Å². The van der Waals surface area contributed by atoms with E-state index >= 15 is 0 Å². The first kappa shape index (κ1) is 11.7. The lowest BCUT2D eigenvalue weighted by atomic mass is 10.0. The van der Waals surface area contributed by atoms with Crippen molar-refractivity contribution in [3.63, 3.8) is 0 Å². The van der Waals surface area contributed by atoms with Gasteiger partial charge in [-0.3, -0.25) is 0 Å². The van der Waals surface area contributed by atoms with Gasteiger partial charge in [-0.15, -0.1) is 0 Å². The van der Waals surface area contributed by atoms with Gasteiger partial charge in [-0.2, -0.15) is 0 Å². The molecule has 0 spiro atoms. The maximum atomic E-state index is 11.0. The lowest BCUT2D eigenvalue weighted by Gasteiger charge is -2.16. The third kappa shape index (κ3) is 3.34. The average molecular weight is 209 g/mol. The molecule has 0 radical (unpaired) electrons. The summed E-state index contributed by atoms with van der Waals surface area (Å²) in [6, 6.07) is 8.80. The monoisotopic (exact) mass is 209 g/mol. The van der Waals surface area contributed by atoms with Gasteiger partial charge in [-0.25, -0.2) is 4.79 Å². The summed E-state index contributed by atoms with van der Waals surface area (Å²) in [6.07, 6.45) is -0.827. The van der Waals surface area contributed by atoms with Gasteiger partial charge in [0, 0.05) is 6.04 Å². The number of rotatable bonds is 4. The zero-order valence-corrected chi connectivity index (χ0v) is 8.59. The highest BCUT2D eigenvalue weighted by Gasteiger charge is 2.23. The second-order valence-electron chi connectivity index (χ2n) is 3.32. The number of hydrogen-bond donors (Lipinski definition) is 2. The summed E-state index contributed by atoms with van der Waals surface area (Å²) in [5.74, 6) is -0.696. The molecule has 1 aromatic carbocycles. The molecule has 0 saturated heterocycles. The van der Waals surface area contributed by atoms with Crippen molar-refractivity contribution in [3.05, 3.63) is 35.9 Å². The van der Waals surface area contributed by atoms with Crippen molar-refractivity contribution >= 4 is 5.97 Å². The van der Waals surface area contributed by atoms with Crippen molar-refractivity contribution in [1.29, 1.82) is 0 Å². The molecule has 0 bridgehead atoms. The summed E-state index contributed by atoms with van der Waals surface area (Å²) in [7, 11) is 1.22. The van der Waals surface area contributed by atoms with Gasteiger partial charge in [-0.05, 0) is 12.0 Å². The Morgan fingerprint density at radius 1 is 1.47 bits per heavy atom. The van der Waals surface area contributed by atoms with E-state index in [0.29, 0.717) is 6.42 Å². The molecule has 4 heteroatoms. The van der Waals surface area contributed by atoms with Crippen LogP contribution >= 0.6 is 0 Å². The minimum atomic E-state index is -1.27. The predicted octanol–water partition coefficient (Wildman–Crippen LogP) is 0.0903. The third-order valence-corrected chi connectivity index (χ3v) is 2.16. The molecule has 0 saturated carbocycles. The van der Waals surface area contributed by atoms with Crippen LogP contribution in [-0.2, 0) is 16.0 Å². The molecule has 0 aromatic heterocycles. The highest BCUT2D eigenvalue weighted by atomic mass is 16.5. The van der Waals surface area contributed by atoms with Crippen LogP contribution in [0.3, 0.4) is 0 Å². The van der Waals surface area contributed by atoms with E-state index in [-0.39, 0.29) is 0 Å². The number of esters is 1. The minimum Gasteiger partial charge on any atom is -0.467 e. The topological polar surface area (TPSA) is 72.5 Å². The van der Waals surface area contributed by atoms with Crippen molar-refractivity contribution < 1.29 is 14.6 Å². The number of aliphatic hydroxyl groups is 1. The second kappa shape index (κ2) is 5.48. The number of aliphatic hydroxyl groups excluding tert-OH is 1. The van der Waals surface area contributed by atoms with Gasteiger partial charge in [0.1, 0.15) is 0 Å². The van der Waals surface area contributed by atoms with Gasteiger partial charge in [0.15, 0.2) is 6.10 Å². The van der Waals surface area contributed by atoms with Crippen LogP contribution in [0, 0.1) is 0 Å². The summed E-state index contributed by atoms with van der Waals surface area (Å²) in [5, 5.41) is 9.45. The van der Waals surface area contributed by atoms with E-state index in [1.165, 1.54) is 7.11 Å². The highest BCUT2D eigenvalue weighted by molar-refractivity contribution is 5.75. The number of carbonyl (C=O) groups excluding carboxylic acids is 1. The van der Waals surface area contributed by atoms with Crippen LogP contribution in [0.1, 0.15) is 5.56 Å². The van der Waals surface area contributed by atoms with E-state index in [1.54, 1.807) is 0 Å². The lowest BCUT2D eigenvalue weighted by molar-refractivity contribution is -0.151. The van der Waals surface area contributed by atoms with Gasteiger partial charge in [0.25, 0.3) is 0 Å². The van der Waals surface area contributed by atoms with E-state index in [1.807, 2.05) is 30.3 Å². The number of hydrogen-bond acceptors (Lipinski definition) is 4. The van der Waals surface area contributed by atoms with Crippen molar-refractivity contribution in [2.75, 3.05) is 7.11 Å². The standard InChI is InChI=1S/C11H15NO3/c1-15-11(14)10(13)9(12)7-8-5-3-2-4-6-8/h2-6,9-10,13H,7,12H2,1H3/t9-,10-/m0/s1.